The molecule has 1 aliphatic rings. The van der Waals surface area contributed by atoms with E-state index in [0.717, 1.165) is 25.9 Å². The zero-order valence-corrected chi connectivity index (χ0v) is 7.38. The van der Waals surface area contributed by atoms with Gasteiger partial charge in [0.15, 0.2) is 0 Å². The minimum Gasteiger partial charge on any atom is -0.317 e. The van der Waals surface area contributed by atoms with Crippen LogP contribution in [-0.4, -0.2) is 35.3 Å². The molecule has 3 nitrogen and oxygen atoms in total. The first-order valence-corrected chi connectivity index (χ1v) is 4.37. The highest BCUT2D eigenvalue weighted by Gasteiger charge is 2.19. The van der Waals surface area contributed by atoms with Gasteiger partial charge in [0.1, 0.15) is 0 Å². The third-order valence-electron chi connectivity index (χ3n) is 2.44. The van der Waals surface area contributed by atoms with E-state index in [9.17, 15) is 0 Å². The van der Waals surface area contributed by atoms with Gasteiger partial charge in [-0.2, -0.15) is 0 Å². The minimum atomic E-state index is 0.324. The average Bonchev–Trinajstić information content (AvgIpc) is 2.05. The summed E-state index contributed by atoms with van der Waals surface area (Å²) in [5.41, 5.74) is 2.34. The molecule has 66 valence electrons. The van der Waals surface area contributed by atoms with E-state index in [1.54, 1.807) is 0 Å². The van der Waals surface area contributed by atoms with E-state index < -0.39 is 0 Å². The van der Waals surface area contributed by atoms with Crippen LogP contribution in [0.1, 0.15) is 26.7 Å². The fraction of sp³-hybridized carbons (Fsp3) is 1.00. The summed E-state index contributed by atoms with van der Waals surface area (Å²) in [4.78, 5) is 2.44. The van der Waals surface area contributed by atoms with Gasteiger partial charge in [-0.1, -0.05) is 0 Å². The summed E-state index contributed by atoms with van der Waals surface area (Å²) in [6, 6.07) is 0.972. The number of hydroxylamine groups is 1. The van der Waals surface area contributed by atoms with Gasteiger partial charge in [-0.25, -0.2) is 5.48 Å². The van der Waals surface area contributed by atoms with Gasteiger partial charge in [0.05, 0.1) is 0 Å². The van der Waals surface area contributed by atoms with Gasteiger partial charge in [0.2, 0.25) is 0 Å². The lowest BCUT2D eigenvalue weighted by Crippen LogP contribution is -2.44. The van der Waals surface area contributed by atoms with E-state index >= 15 is 0 Å². The van der Waals surface area contributed by atoms with Gasteiger partial charge in [0.25, 0.3) is 0 Å². The Bertz CT molecular complexity index is 109. The van der Waals surface area contributed by atoms with Crippen LogP contribution in [-0.2, 0) is 0 Å². The molecule has 3 heteroatoms. The van der Waals surface area contributed by atoms with Crippen molar-refractivity contribution in [2.45, 2.75) is 38.8 Å². The predicted octanol–water partition coefficient (Wildman–Crippen LogP) is 0.838. The number of rotatable bonds is 2. The van der Waals surface area contributed by atoms with Gasteiger partial charge >= 0.3 is 0 Å². The first-order chi connectivity index (χ1) is 5.24. The predicted molar refractivity (Wildman–Crippen MR) is 44.7 cm³/mol. The van der Waals surface area contributed by atoms with E-state index in [4.69, 9.17) is 5.21 Å². The normalized spacial score (nSPS) is 22.9. The molecular weight excluding hydrogens is 140 g/mol. The van der Waals surface area contributed by atoms with Crippen molar-refractivity contribution in [1.29, 1.82) is 0 Å². The summed E-state index contributed by atoms with van der Waals surface area (Å²) in [5.74, 6) is 0. The van der Waals surface area contributed by atoms with Crippen LogP contribution in [0.25, 0.3) is 0 Å². The Morgan fingerprint density at radius 2 is 1.91 bits per heavy atom. The maximum Gasteiger partial charge on any atom is 0.0344 e. The molecule has 0 aromatic rings. The first-order valence-electron chi connectivity index (χ1n) is 4.37. The summed E-state index contributed by atoms with van der Waals surface area (Å²) >= 11 is 0. The highest BCUT2D eigenvalue weighted by atomic mass is 16.5. The third-order valence-corrected chi connectivity index (χ3v) is 2.44. The molecule has 0 aromatic carbocycles. The molecule has 0 amide bonds. The van der Waals surface area contributed by atoms with Crippen LogP contribution in [0.5, 0.6) is 0 Å². The molecule has 1 saturated heterocycles. The highest BCUT2D eigenvalue weighted by molar-refractivity contribution is 4.76. The smallest absolute Gasteiger partial charge is 0.0344 e. The largest absolute Gasteiger partial charge is 0.317 e. The summed E-state index contributed by atoms with van der Waals surface area (Å²) in [5, 5.41) is 8.65. The van der Waals surface area contributed by atoms with Crippen molar-refractivity contribution in [3.63, 3.8) is 0 Å². The van der Waals surface area contributed by atoms with Crippen molar-refractivity contribution in [3.8, 4) is 0 Å². The molecule has 0 aliphatic carbocycles. The second-order valence-corrected chi connectivity index (χ2v) is 3.53. The Balaban J connectivity index is 2.24. The molecule has 2 N–H and O–H groups in total. The molecule has 0 bridgehead atoms. The number of hydrogen-bond donors (Lipinski definition) is 2. The lowest BCUT2D eigenvalue weighted by molar-refractivity contribution is 0.0733. The van der Waals surface area contributed by atoms with E-state index in [1.807, 2.05) is 0 Å². The molecule has 1 rings (SSSR count). The van der Waals surface area contributed by atoms with Crippen molar-refractivity contribution < 1.29 is 5.21 Å². The van der Waals surface area contributed by atoms with Crippen molar-refractivity contribution in [2.24, 2.45) is 0 Å². The molecule has 0 aromatic heterocycles. The first kappa shape index (κ1) is 8.97. The zero-order valence-electron chi connectivity index (χ0n) is 7.38. The van der Waals surface area contributed by atoms with Crippen molar-refractivity contribution >= 4 is 0 Å². The average molecular weight is 158 g/mol. The van der Waals surface area contributed by atoms with Crippen molar-refractivity contribution in [1.82, 2.24) is 10.4 Å². The quantitative estimate of drug-likeness (QED) is 0.584. The second-order valence-electron chi connectivity index (χ2n) is 3.53. The molecule has 1 heterocycles. The Morgan fingerprint density at radius 3 is 2.27 bits per heavy atom. The van der Waals surface area contributed by atoms with Crippen LogP contribution in [0, 0.1) is 0 Å². The van der Waals surface area contributed by atoms with Crippen molar-refractivity contribution in [3.05, 3.63) is 0 Å². The molecule has 11 heavy (non-hydrogen) atoms. The van der Waals surface area contributed by atoms with E-state index in [0.29, 0.717) is 12.1 Å². The number of nitrogens with zero attached hydrogens (tertiary/aromatic N) is 1. The van der Waals surface area contributed by atoms with Crippen LogP contribution < -0.4 is 5.48 Å². The summed E-state index contributed by atoms with van der Waals surface area (Å²) in [6.45, 7) is 6.64. The summed E-state index contributed by atoms with van der Waals surface area (Å²) in [6.07, 6.45) is 2.13. The second kappa shape index (κ2) is 4.04. The Labute approximate surface area is 68.3 Å². The molecular formula is C8H18N2O. The SMILES string of the molecule is CC(C)N1CCC(NO)CC1. The van der Waals surface area contributed by atoms with Gasteiger partial charge in [-0.05, 0) is 39.8 Å². The monoisotopic (exact) mass is 158 g/mol. The van der Waals surface area contributed by atoms with E-state index in [-0.39, 0.29) is 0 Å². The van der Waals surface area contributed by atoms with Crippen LogP contribution in [0.3, 0.4) is 0 Å². The number of hydrogen-bond acceptors (Lipinski definition) is 3. The minimum absolute atomic E-state index is 0.324. The van der Waals surface area contributed by atoms with Crippen LogP contribution in [0.15, 0.2) is 0 Å². The Hall–Kier alpha value is -0.120. The standard InChI is InChI=1S/C8H18N2O/c1-7(2)10-5-3-8(9-11)4-6-10/h7-9,11H,3-6H2,1-2H3. The fourth-order valence-corrected chi connectivity index (χ4v) is 1.54. The van der Waals surface area contributed by atoms with Gasteiger partial charge < -0.3 is 10.1 Å². The summed E-state index contributed by atoms with van der Waals surface area (Å²) < 4.78 is 0. The summed E-state index contributed by atoms with van der Waals surface area (Å²) in [7, 11) is 0. The Morgan fingerprint density at radius 1 is 1.36 bits per heavy atom. The Kier molecular flexibility index (Phi) is 3.30. The molecule has 0 spiro atoms. The van der Waals surface area contributed by atoms with Crippen LogP contribution >= 0.6 is 0 Å². The van der Waals surface area contributed by atoms with E-state index in [2.05, 4.69) is 24.2 Å². The topological polar surface area (TPSA) is 35.5 Å². The highest BCUT2D eigenvalue weighted by Crippen LogP contribution is 2.11. The number of likely N-dealkylation sites (tertiary alicyclic amines) is 1. The maximum absolute atomic E-state index is 8.65. The molecule has 1 fully saturated rings. The van der Waals surface area contributed by atoms with Crippen molar-refractivity contribution in [2.75, 3.05) is 13.1 Å². The molecule has 0 radical (unpaired) electrons. The fourth-order valence-electron chi connectivity index (χ4n) is 1.54. The molecule has 0 atom stereocenters. The lowest BCUT2D eigenvalue weighted by atomic mass is 10.0. The zero-order chi connectivity index (χ0) is 8.27. The number of nitrogens with one attached hydrogen (secondary N) is 1. The molecule has 0 unspecified atom stereocenters. The van der Waals surface area contributed by atoms with Gasteiger partial charge in [-0.15, -0.1) is 0 Å². The maximum atomic E-state index is 8.65. The molecule has 0 saturated carbocycles. The van der Waals surface area contributed by atoms with Gasteiger partial charge in [0, 0.05) is 12.1 Å². The number of piperidine rings is 1. The van der Waals surface area contributed by atoms with Crippen LogP contribution in [0.4, 0.5) is 0 Å². The van der Waals surface area contributed by atoms with Crippen LogP contribution in [0.2, 0.25) is 0 Å². The third kappa shape index (κ3) is 2.43. The van der Waals surface area contributed by atoms with E-state index in [1.165, 1.54) is 0 Å². The molecule has 1 aliphatic heterocycles. The lowest BCUT2D eigenvalue weighted by Gasteiger charge is -2.33. The van der Waals surface area contributed by atoms with Gasteiger partial charge in [-0.3, -0.25) is 0 Å².